The molecular formula is C30H34N2O4S3Si. The Morgan fingerprint density at radius 1 is 1.00 bits per heavy atom. The van der Waals surface area contributed by atoms with Gasteiger partial charge in [0.15, 0.2) is 5.78 Å². The first kappa shape index (κ1) is 30.1. The van der Waals surface area contributed by atoms with Crippen LogP contribution < -0.4 is 14.4 Å². The van der Waals surface area contributed by atoms with Crippen molar-refractivity contribution in [3.8, 4) is 16.9 Å². The molecule has 0 bridgehead atoms. The van der Waals surface area contributed by atoms with Crippen molar-refractivity contribution in [3.63, 3.8) is 0 Å². The largest absolute Gasteiger partial charge is 0.497 e. The molecule has 0 fully saturated rings. The number of carbonyl (C=O) groups excluding carboxylic acids is 1. The van der Waals surface area contributed by atoms with Gasteiger partial charge in [-0.1, -0.05) is 76.4 Å². The summed E-state index contributed by atoms with van der Waals surface area (Å²) in [5, 5.41) is 5.73. The summed E-state index contributed by atoms with van der Waals surface area (Å²) in [7, 11) is -4.28. The lowest BCUT2D eigenvalue weighted by atomic mass is 10.0. The van der Waals surface area contributed by atoms with Crippen LogP contribution in [-0.4, -0.2) is 34.5 Å². The van der Waals surface area contributed by atoms with Crippen molar-refractivity contribution in [3.05, 3.63) is 77.7 Å². The molecule has 0 aliphatic rings. The van der Waals surface area contributed by atoms with Crippen LogP contribution in [0.15, 0.2) is 77.0 Å². The number of thiocarbonyl (C=S) groups is 1. The summed E-state index contributed by atoms with van der Waals surface area (Å²) in [5.74, 6) is 0.714. The number of hydrogen-bond donors (Lipinski definition) is 2. The fraction of sp³-hybridized carbons (Fsp3) is 0.267. The predicted octanol–water partition coefficient (Wildman–Crippen LogP) is 7.87. The molecule has 0 aliphatic heterocycles. The Bertz CT molecular complexity index is 1650. The van der Waals surface area contributed by atoms with Crippen molar-refractivity contribution in [2.45, 2.75) is 50.2 Å². The van der Waals surface area contributed by atoms with Crippen LogP contribution in [0.4, 0.5) is 5.69 Å². The molecule has 0 radical (unpaired) electrons. The highest BCUT2D eigenvalue weighted by Crippen LogP contribution is 2.37. The van der Waals surface area contributed by atoms with E-state index in [0.29, 0.717) is 16.2 Å². The van der Waals surface area contributed by atoms with E-state index in [4.69, 9.17) is 17.0 Å². The summed E-state index contributed by atoms with van der Waals surface area (Å²) in [6.07, 6.45) is 0.0426. The van der Waals surface area contributed by atoms with E-state index in [1.807, 2.05) is 60.9 Å². The lowest BCUT2D eigenvalue weighted by molar-refractivity contribution is 0.100. The van der Waals surface area contributed by atoms with Crippen molar-refractivity contribution in [1.29, 1.82) is 0 Å². The average Bonchev–Trinajstić information content (AvgIpc) is 3.32. The first-order valence-electron chi connectivity index (χ1n) is 12.8. The number of nitrogens with one attached hydrogen (secondary N) is 2. The molecular weight excluding hydrogens is 577 g/mol. The van der Waals surface area contributed by atoms with Crippen LogP contribution in [0, 0.1) is 0 Å². The van der Waals surface area contributed by atoms with Gasteiger partial charge in [0.2, 0.25) is 10.0 Å². The number of ether oxygens (including phenoxy) is 1. The van der Waals surface area contributed by atoms with Crippen LogP contribution >= 0.6 is 23.6 Å². The molecule has 4 rings (SSSR count). The minimum atomic E-state index is -3.65. The Morgan fingerprint density at radius 2 is 1.65 bits per heavy atom. The minimum Gasteiger partial charge on any atom is -0.497 e. The van der Waals surface area contributed by atoms with Crippen LogP contribution in [0.5, 0.6) is 5.75 Å². The fourth-order valence-corrected chi connectivity index (χ4v) is 10.2. The van der Waals surface area contributed by atoms with E-state index in [9.17, 15) is 13.2 Å². The summed E-state index contributed by atoms with van der Waals surface area (Å²) >= 11 is 7.03. The summed E-state index contributed by atoms with van der Waals surface area (Å²) in [6.45, 7) is 10.2. The smallest absolute Gasteiger partial charge is 0.234 e. The maximum Gasteiger partial charge on any atom is 0.234 e. The molecule has 4 aromatic rings. The monoisotopic (exact) mass is 610 g/mol. The molecule has 1 aromatic heterocycles. The van der Waals surface area contributed by atoms with Gasteiger partial charge in [-0.15, -0.1) is 11.3 Å². The lowest BCUT2D eigenvalue weighted by Gasteiger charge is -2.36. The van der Waals surface area contributed by atoms with Crippen LogP contribution in [0.2, 0.25) is 18.1 Å². The molecule has 0 amide bonds. The van der Waals surface area contributed by atoms with Crippen LogP contribution in [0.1, 0.15) is 37.6 Å². The number of fused-ring (bicyclic) bond motifs is 1. The molecule has 3 aromatic carbocycles. The number of anilines is 1. The van der Waals surface area contributed by atoms with Gasteiger partial charge in [0.25, 0.3) is 0 Å². The number of methoxy groups -OCH3 is 1. The first-order valence-corrected chi connectivity index (χ1v) is 18.6. The molecule has 40 heavy (non-hydrogen) atoms. The molecule has 0 saturated carbocycles. The summed E-state index contributed by atoms with van der Waals surface area (Å²) in [4.78, 5) is 13.8. The zero-order chi connectivity index (χ0) is 29.3. The highest BCUT2D eigenvalue weighted by atomic mass is 32.2. The van der Waals surface area contributed by atoms with Crippen molar-refractivity contribution in [2.24, 2.45) is 0 Å². The lowest BCUT2D eigenvalue weighted by Crippen LogP contribution is -2.54. The number of thiophene rings is 1. The van der Waals surface area contributed by atoms with Crippen molar-refractivity contribution >= 4 is 68.4 Å². The number of rotatable bonds is 9. The van der Waals surface area contributed by atoms with Crippen molar-refractivity contribution in [1.82, 2.24) is 4.39 Å². The topological polar surface area (TPSA) is 84.5 Å². The van der Waals surface area contributed by atoms with E-state index < -0.39 is 18.3 Å². The molecule has 6 nitrogen and oxygen atoms in total. The molecule has 0 aliphatic carbocycles. The molecule has 1 heterocycles. The Labute approximate surface area is 246 Å². The number of sulfonamides is 1. The number of ketones is 1. The first-order chi connectivity index (χ1) is 18.7. The van der Waals surface area contributed by atoms with Gasteiger partial charge in [-0.25, -0.2) is 12.8 Å². The molecule has 0 spiro atoms. The highest BCUT2D eigenvalue weighted by molar-refractivity contribution is 7.91. The van der Waals surface area contributed by atoms with E-state index in [-0.39, 0.29) is 22.1 Å². The third-order valence-corrected chi connectivity index (χ3v) is 16.4. The van der Waals surface area contributed by atoms with Crippen molar-refractivity contribution in [2.75, 3.05) is 12.4 Å². The number of hydrogen-bond acceptors (Lipinski definition) is 6. The highest BCUT2D eigenvalue weighted by Gasteiger charge is 2.39. The Kier molecular flexibility index (Phi) is 8.67. The zero-order valence-electron chi connectivity index (χ0n) is 23.5. The second-order valence-corrected chi connectivity index (χ2v) is 19.6. The maximum absolute atomic E-state index is 13.2. The van der Waals surface area contributed by atoms with E-state index in [1.165, 1.54) is 11.3 Å². The average molecular weight is 611 g/mol. The standard InChI is InChI=1S/C30H34N2O4S3Si/c1-30(2,3)40(5,6)32-39(34,35)23-16-12-21(13-17-23)31-28(37)18-27(33)26-19-38-29-24(8-7-9-25(26)29)20-10-14-22(36-4)15-11-20/h7-17,19,32H,18H2,1-6H3,(H,31,37). The zero-order valence-corrected chi connectivity index (χ0v) is 26.9. The minimum absolute atomic E-state index is 0.0426. The van der Waals surface area contributed by atoms with Crippen LogP contribution in [0.25, 0.3) is 21.2 Å². The fourth-order valence-electron chi connectivity index (χ4n) is 3.98. The number of benzene rings is 3. The van der Waals surface area contributed by atoms with Crippen LogP contribution in [0.3, 0.4) is 0 Å². The second-order valence-electron chi connectivity index (χ2n) is 11.2. The molecule has 0 saturated heterocycles. The Hall–Kier alpha value is -2.89. The van der Waals surface area contributed by atoms with Crippen molar-refractivity contribution < 1.29 is 17.9 Å². The van der Waals surface area contributed by atoms with E-state index in [2.05, 4.69) is 30.5 Å². The van der Waals surface area contributed by atoms with Gasteiger partial charge in [0, 0.05) is 26.7 Å². The van der Waals surface area contributed by atoms with Gasteiger partial charge < -0.3 is 10.1 Å². The SMILES string of the molecule is COc1ccc(-c2cccc3c(C(=O)CC(=S)Nc4ccc(S(=O)(=O)N[Si](C)(C)C(C)(C)C)cc4)csc23)cc1. The maximum atomic E-state index is 13.2. The third-order valence-electron chi connectivity index (χ3n) is 7.34. The Morgan fingerprint density at radius 3 is 2.25 bits per heavy atom. The van der Waals surface area contributed by atoms with Gasteiger partial charge in [-0.3, -0.25) is 4.79 Å². The molecule has 210 valence electrons. The number of carbonyl (C=O) groups is 1. The second kappa shape index (κ2) is 11.5. The Balaban J connectivity index is 1.45. The van der Waals surface area contributed by atoms with Gasteiger partial charge in [-0.05, 0) is 52.6 Å². The van der Waals surface area contributed by atoms with E-state index in [1.54, 1.807) is 31.4 Å². The quantitative estimate of drug-likeness (QED) is 0.114. The van der Waals surface area contributed by atoms with E-state index in [0.717, 1.165) is 27.0 Å². The van der Waals surface area contributed by atoms with Gasteiger partial charge in [0.05, 0.1) is 23.4 Å². The summed E-state index contributed by atoms with van der Waals surface area (Å²) in [5.41, 5.74) is 3.37. The summed E-state index contributed by atoms with van der Waals surface area (Å²) in [6, 6.07) is 20.3. The third kappa shape index (κ3) is 6.53. The number of Topliss-reactive ketones (excluding diaryl/α,β-unsaturated/α-hetero) is 1. The predicted molar refractivity (Wildman–Crippen MR) is 173 cm³/mol. The molecule has 2 N–H and O–H groups in total. The normalized spacial score (nSPS) is 12.3. The molecule has 0 unspecified atom stereocenters. The molecule has 0 atom stereocenters. The molecule has 10 heteroatoms. The van der Waals surface area contributed by atoms with Gasteiger partial charge in [0.1, 0.15) is 14.0 Å². The van der Waals surface area contributed by atoms with Crippen LogP contribution in [-0.2, 0) is 10.0 Å². The van der Waals surface area contributed by atoms with E-state index >= 15 is 0 Å². The summed E-state index contributed by atoms with van der Waals surface area (Å²) < 4.78 is 35.2. The van der Waals surface area contributed by atoms with Gasteiger partial charge in [-0.2, -0.15) is 0 Å². The van der Waals surface area contributed by atoms with Gasteiger partial charge >= 0.3 is 0 Å².